The van der Waals surface area contributed by atoms with Gasteiger partial charge >= 0.3 is 6.03 Å². The summed E-state index contributed by atoms with van der Waals surface area (Å²) in [6.07, 6.45) is 0. The van der Waals surface area contributed by atoms with Crippen LogP contribution in [-0.2, 0) is 11.3 Å². The molecule has 0 aliphatic rings. The Balaban J connectivity index is 2.50. The van der Waals surface area contributed by atoms with E-state index in [0.717, 1.165) is 0 Å². The van der Waals surface area contributed by atoms with E-state index >= 15 is 0 Å². The van der Waals surface area contributed by atoms with Crippen LogP contribution in [0.15, 0.2) is 18.2 Å². The smallest absolute Gasteiger partial charge is 0.317 e. The molecule has 22 heavy (non-hydrogen) atoms. The molecule has 6 nitrogen and oxygen atoms in total. The van der Waals surface area contributed by atoms with Gasteiger partial charge in [0, 0.05) is 26.2 Å². The molecule has 0 aromatic heterocycles. The number of rotatable bonds is 6. The summed E-state index contributed by atoms with van der Waals surface area (Å²) >= 11 is 5.82. The number of urea groups is 1. The Morgan fingerprint density at radius 2 is 2.09 bits per heavy atom. The van der Waals surface area contributed by atoms with E-state index in [-0.39, 0.29) is 36.1 Å². The molecule has 1 aromatic carbocycles. The molecule has 0 spiro atoms. The van der Waals surface area contributed by atoms with Gasteiger partial charge in [0.2, 0.25) is 5.91 Å². The number of likely N-dealkylation sites (N-methyl/N-ethyl adjacent to an activating group) is 1. The molecule has 0 aliphatic carbocycles. The van der Waals surface area contributed by atoms with Crippen LogP contribution in [0.2, 0.25) is 5.02 Å². The molecule has 1 aromatic rings. The van der Waals surface area contributed by atoms with Gasteiger partial charge in [0.05, 0.1) is 11.6 Å². The summed E-state index contributed by atoms with van der Waals surface area (Å²) in [7, 11) is 1.60. The molecule has 0 heterocycles. The van der Waals surface area contributed by atoms with Crippen LogP contribution >= 0.6 is 11.6 Å². The van der Waals surface area contributed by atoms with Crippen LogP contribution in [0.5, 0.6) is 0 Å². The minimum atomic E-state index is -0.528. The maximum Gasteiger partial charge on any atom is 0.317 e. The fraction of sp³-hybridized carbons (Fsp3) is 0.429. The highest BCUT2D eigenvalue weighted by Gasteiger charge is 2.16. The second kappa shape index (κ2) is 8.55. The third-order valence-corrected chi connectivity index (χ3v) is 3.65. The molecule has 0 radical (unpaired) electrons. The summed E-state index contributed by atoms with van der Waals surface area (Å²) in [5.41, 5.74) is 5.68. The maximum atomic E-state index is 13.3. The monoisotopic (exact) mass is 330 g/mol. The van der Waals surface area contributed by atoms with E-state index in [2.05, 4.69) is 10.6 Å². The number of hydrogen-bond acceptors (Lipinski definition) is 3. The van der Waals surface area contributed by atoms with Crippen molar-refractivity contribution in [3.63, 3.8) is 0 Å². The molecule has 3 amide bonds. The van der Waals surface area contributed by atoms with Crippen molar-refractivity contribution in [2.24, 2.45) is 5.73 Å². The summed E-state index contributed by atoms with van der Waals surface area (Å²) in [5.74, 6) is -0.813. The highest BCUT2D eigenvalue weighted by atomic mass is 35.5. The first-order valence-electron chi connectivity index (χ1n) is 6.77. The summed E-state index contributed by atoms with van der Waals surface area (Å²) in [6.45, 7) is 2.09. The minimum absolute atomic E-state index is 0.00582. The number of halogens is 2. The normalized spacial score (nSPS) is 11.7. The molecule has 0 aliphatic heterocycles. The largest absolute Gasteiger partial charge is 0.353 e. The van der Waals surface area contributed by atoms with Gasteiger partial charge in [-0.15, -0.1) is 0 Å². The Kier molecular flexibility index (Phi) is 7.07. The fourth-order valence-corrected chi connectivity index (χ4v) is 1.84. The van der Waals surface area contributed by atoms with Crippen molar-refractivity contribution < 1.29 is 14.0 Å². The zero-order chi connectivity index (χ0) is 16.7. The van der Waals surface area contributed by atoms with E-state index in [1.54, 1.807) is 20.0 Å². The molecule has 0 fully saturated rings. The zero-order valence-corrected chi connectivity index (χ0v) is 13.3. The first-order valence-corrected chi connectivity index (χ1v) is 7.15. The van der Waals surface area contributed by atoms with Crippen LogP contribution < -0.4 is 16.4 Å². The molecule has 8 heteroatoms. The second-order valence-corrected chi connectivity index (χ2v) is 5.22. The van der Waals surface area contributed by atoms with Gasteiger partial charge in [-0.05, 0) is 18.6 Å². The van der Waals surface area contributed by atoms with Crippen molar-refractivity contribution in [1.82, 2.24) is 15.5 Å². The van der Waals surface area contributed by atoms with Crippen molar-refractivity contribution in [3.8, 4) is 0 Å². The predicted octanol–water partition coefficient (Wildman–Crippen LogP) is 1.08. The Morgan fingerprint density at radius 3 is 2.73 bits per heavy atom. The first kappa shape index (κ1) is 18.2. The van der Waals surface area contributed by atoms with Gasteiger partial charge in [-0.2, -0.15) is 0 Å². The number of nitrogens with one attached hydrogen (secondary N) is 2. The number of amides is 3. The van der Waals surface area contributed by atoms with Gasteiger partial charge < -0.3 is 21.3 Å². The minimum Gasteiger partial charge on any atom is -0.353 e. The van der Waals surface area contributed by atoms with Crippen LogP contribution in [0, 0.1) is 5.82 Å². The number of nitrogens with zero attached hydrogens (tertiary/aromatic N) is 1. The van der Waals surface area contributed by atoms with E-state index < -0.39 is 5.82 Å². The lowest BCUT2D eigenvalue weighted by Crippen LogP contribution is -2.47. The number of carbonyl (C=O) groups excluding carboxylic acids is 2. The van der Waals surface area contributed by atoms with Crippen molar-refractivity contribution in [2.75, 3.05) is 20.1 Å². The first-order chi connectivity index (χ1) is 10.4. The fourth-order valence-electron chi connectivity index (χ4n) is 1.65. The van der Waals surface area contributed by atoms with Crippen LogP contribution in [0.1, 0.15) is 12.5 Å². The molecule has 1 rings (SSSR count). The summed E-state index contributed by atoms with van der Waals surface area (Å²) in [5, 5.41) is 5.24. The van der Waals surface area contributed by atoms with Gasteiger partial charge in [0.1, 0.15) is 5.82 Å². The van der Waals surface area contributed by atoms with Gasteiger partial charge in [-0.1, -0.05) is 23.7 Å². The molecule has 0 saturated heterocycles. The average Bonchev–Trinajstić information content (AvgIpc) is 2.52. The molecule has 1 unspecified atom stereocenters. The molecular formula is C14H20ClFN4O2. The van der Waals surface area contributed by atoms with Gasteiger partial charge in [0.25, 0.3) is 0 Å². The van der Waals surface area contributed by atoms with E-state index in [0.29, 0.717) is 12.1 Å². The highest BCUT2D eigenvalue weighted by molar-refractivity contribution is 6.31. The van der Waals surface area contributed by atoms with E-state index in [4.69, 9.17) is 17.3 Å². The molecule has 0 bridgehead atoms. The molecule has 4 N–H and O–H groups in total. The lowest BCUT2D eigenvalue weighted by molar-refractivity contribution is -0.119. The molecular weight excluding hydrogens is 311 g/mol. The van der Waals surface area contributed by atoms with Crippen molar-refractivity contribution >= 4 is 23.5 Å². The lowest BCUT2D eigenvalue weighted by atomic mass is 10.2. The van der Waals surface area contributed by atoms with Crippen LogP contribution in [0.25, 0.3) is 0 Å². The highest BCUT2D eigenvalue weighted by Crippen LogP contribution is 2.19. The molecule has 0 saturated carbocycles. The summed E-state index contributed by atoms with van der Waals surface area (Å²) in [6, 6.07) is 3.84. The average molecular weight is 331 g/mol. The zero-order valence-electron chi connectivity index (χ0n) is 12.5. The van der Waals surface area contributed by atoms with Crippen molar-refractivity contribution in [3.05, 3.63) is 34.6 Å². The summed E-state index contributed by atoms with van der Waals surface area (Å²) in [4.78, 5) is 24.5. The SMILES string of the molecule is CC(CNC(=O)CN)N(C)C(=O)NCc1cccc(F)c1Cl. The molecule has 122 valence electrons. The standard InChI is InChI=1S/C14H20ClFN4O2/c1-9(7-18-12(21)6-17)20(2)14(22)19-8-10-4-3-5-11(16)13(10)15/h3-5,9H,6-8,17H2,1-2H3,(H,18,21)(H,19,22). The quantitative estimate of drug-likeness (QED) is 0.729. The molecule has 1 atom stereocenters. The van der Waals surface area contributed by atoms with E-state index in [1.807, 2.05) is 0 Å². The Bertz CT molecular complexity index is 542. The van der Waals surface area contributed by atoms with Crippen LogP contribution in [0.3, 0.4) is 0 Å². The van der Waals surface area contributed by atoms with E-state index in [1.165, 1.54) is 17.0 Å². The topological polar surface area (TPSA) is 87.5 Å². The Morgan fingerprint density at radius 1 is 1.41 bits per heavy atom. The third-order valence-electron chi connectivity index (χ3n) is 3.22. The van der Waals surface area contributed by atoms with Crippen molar-refractivity contribution in [1.29, 1.82) is 0 Å². The van der Waals surface area contributed by atoms with Crippen molar-refractivity contribution in [2.45, 2.75) is 19.5 Å². The summed E-state index contributed by atoms with van der Waals surface area (Å²) < 4.78 is 13.3. The number of nitrogens with two attached hydrogens (primary N) is 1. The van der Waals surface area contributed by atoms with Crippen LogP contribution in [-0.4, -0.2) is 43.0 Å². The Hall–Kier alpha value is -1.86. The maximum absolute atomic E-state index is 13.3. The van der Waals surface area contributed by atoms with Gasteiger partial charge in [-0.3, -0.25) is 4.79 Å². The lowest BCUT2D eigenvalue weighted by Gasteiger charge is -2.25. The van der Waals surface area contributed by atoms with Gasteiger partial charge in [-0.25, -0.2) is 9.18 Å². The second-order valence-electron chi connectivity index (χ2n) is 4.84. The van der Waals surface area contributed by atoms with Crippen LogP contribution in [0.4, 0.5) is 9.18 Å². The number of benzene rings is 1. The number of carbonyl (C=O) groups is 2. The van der Waals surface area contributed by atoms with E-state index in [9.17, 15) is 14.0 Å². The van der Waals surface area contributed by atoms with Gasteiger partial charge in [0.15, 0.2) is 0 Å². The number of hydrogen-bond donors (Lipinski definition) is 3. The third kappa shape index (κ3) is 5.16. The predicted molar refractivity (Wildman–Crippen MR) is 82.9 cm³/mol. The Labute approximate surface area is 133 Å².